The predicted molar refractivity (Wildman–Crippen MR) is 105 cm³/mol. The van der Waals surface area contributed by atoms with Gasteiger partial charge in [0.05, 0.1) is 34.9 Å². The molecule has 1 aromatic rings. The molecule has 27 heavy (non-hydrogen) atoms. The number of unbranched alkanes of at least 4 members (excludes halogenated alkanes) is 1. The van der Waals surface area contributed by atoms with Crippen LogP contribution in [0.4, 0.5) is 4.79 Å². The van der Waals surface area contributed by atoms with Crippen molar-refractivity contribution in [3.05, 3.63) is 39.0 Å². The molecule has 2 rings (SSSR count). The maximum absolute atomic E-state index is 12.5. The summed E-state index contributed by atoms with van der Waals surface area (Å²) >= 11 is 12.7. The summed E-state index contributed by atoms with van der Waals surface area (Å²) in [5.74, 6) is -0.152. The fourth-order valence-electron chi connectivity index (χ4n) is 2.86. The van der Waals surface area contributed by atoms with E-state index in [-0.39, 0.29) is 6.10 Å². The third-order valence-electron chi connectivity index (χ3n) is 4.05. The number of carbonyl (C=O) groups is 2. The SMILES string of the molecule is CCCCC1=C(C(=O)OC)C(c2cc(Cl)c(OC(C)C)c(Cl)c2)NC(=O)N1. The molecule has 1 aliphatic rings. The van der Waals surface area contributed by atoms with Crippen molar-refractivity contribution in [2.75, 3.05) is 7.11 Å². The molecule has 8 heteroatoms. The van der Waals surface area contributed by atoms with Crippen LogP contribution in [-0.4, -0.2) is 25.2 Å². The summed E-state index contributed by atoms with van der Waals surface area (Å²) in [4.78, 5) is 24.6. The van der Waals surface area contributed by atoms with Crippen molar-refractivity contribution in [3.63, 3.8) is 0 Å². The van der Waals surface area contributed by atoms with Gasteiger partial charge in [-0.15, -0.1) is 0 Å². The average Bonchev–Trinajstić information content (AvgIpc) is 2.61. The monoisotopic (exact) mass is 414 g/mol. The zero-order valence-corrected chi connectivity index (χ0v) is 17.3. The number of allylic oxidation sites excluding steroid dienone is 1. The van der Waals surface area contributed by atoms with Crippen LogP contribution in [0.15, 0.2) is 23.4 Å². The minimum Gasteiger partial charge on any atom is -0.488 e. The van der Waals surface area contributed by atoms with Crippen LogP contribution in [0.2, 0.25) is 10.0 Å². The molecule has 1 aromatic carbocycles. The van der Waals surface area contributed by atoms with Crippen LogP contribution in [0.3, 0.4) is 0 Å². The Morgan fingerprint density at radius 1 is 1.26 bits per heavy atom. The molecule has 0 saturated heterocycles. The number of ether oxygens (including phenoxy) is 2. The van der Waals surface area contributed by atoms with Gasteiger partial charge in [0.15, 0.2) is 5.75 Å². The lowest BCUT2D eigenvalue weighted by Gasteiger charge is -2.29. The molecule has 0 saturated carbocycles. The van der Waals surface area contributed by atoms with Gasteiger partial charge >= 0.3 is 12.0 Å². The highest BCUT2D eigenvalue weighted by molar-refractivity contribution is 6.37. The lowest BCUT2D eigenvalue weighted by molar-refractivity contribution is -0.136. The second-order valence-corrected chi connectivity index (χ2v) is 7.31. The number of carbonyl (C=O) groups excluding carboxylic acids is 2. The summed E-state index contributed by atoms with van der Waals surface area (Å²) in [6, 6.07) is 2.17. The van der Waals surface area contributed by atoms with Gasteiger partial charge in [-0.25, -0.2) is 9.59 Å². The van der Waals surface area contributed by atoms with E-state index in [1.54, 1.807) is 12.1 Å². The lowest BCUT2D eigenvalue weighted by Crippen LogP contribution is -2.45. The number of amides is 2. The summed E-state index contributed by atoms with van der Waals surface area (Å²) in [6.45, 7) is 5.77. The van der Waals surface area contributed by atoms with E-state index in [4.69, 9.17) is 32.7 Å². The maximum Gasteiger partial charge on any atom is 0.337 e. The molecule has 6 nitrogen and oxygen atoms in total. The first-order valence-corrected chi connectivity index (χ1v) is 9.58. The Balaban J connectivity index is 2.53. The van der Waals surface area contributed by atoms with Gasteiger partial charge in [-0.3, -0.25) is 0 Å². The summed E-state index contributed by atoms with van der Waals surface area (Å²) in [5.41, 5.74) is 1.47. The Hall–Kier alpha value is -1.92. The first-order valence-electron chi connectivity index (χ1n) is 8.82. The van der Waals surface area contributed by atoms with Crippen LogP contribution in [0.25, 0.3) is 0 Å². The Bertz CT molecular complexity index is 739. The van der Waals surface area contributed by atoms with Crippen molar-refractivity contribution in [2.45, 2.75) is 52.2 Å². The summed E-state index contributed by atoms with van der Waals surface area (Å²) < 4.78 is 10.6. The minimum absolute atomic E-state index is 0.101. The van der Waals surface area contributed by atoms with E-state index in [1.165, 1.54) is 7.11 Å². The van der Waals surface area contributed by atoms with Crippen molar-refractivity contribution in [2.24, 2.45) is 0 Å². The molecule has 1 heterocycles. The molecule has 148 valence electrons. The van der Waals surface area contributed by atoms with Gasteiger partial charge in [-0.2, -0.15) is 0 Å². The van der Waals surface area contributed by atoms with Gasteiger partial charge in [0, 0.05) is 5.70 Å². The zero-order chi connectivity index (χ0) is 20.1. The topological polar surface area (TPSA) is 76.7 Å². The predicted octanol–water partition coefficient (Wildman–Crippen LogP) is 4.75. The van der Waals surface area contributed by atoms with Crippen molar-refractivity contribution < 1.29 is 19.1 Å². The first-order chi connectivity index (χ1) is 12.8. The highest BCUT2D eigenvalue weighted by atomic mass is 35.5. The largest absolute Gasteiger partial charge is 0.488 e. The van der Waals surface area contributed by atoms with Gasteiger partial charge in [0.25, 0.3) is 0 Å². The zero-order valence-electron chi connectivity index (χ0n) is 15.8. The first kappa shape index (κ1) is 21.4. The molecule has 2 amide bonds. The molecule has 0 spiro atoms. The van der Waals surface area contributed by atoms with Crippen molar-refractivity contribution in [1.82, 2.24) is 10.6 Å². The van der Waals surface area contributed by atoms with E-state index in [0.717, 1.165) is 12.8 Å². The van der Waals surface area contributed by atoms with Gasteiger partial charge in [-0.05, 0) is 44.4 Å². The minimum atomic E-state index is -0.721. The number of urea groups is 1. The number of methoxy groups -OCH3 is 1. The average molecular weight is 415 g/mol. The van der Waals surface area contributed by atoms with E-state index < -0.39 is 18.0 Å². The second kappa shape index (κ2) is 9.33. The Morgan fingerprint density at radius 2 is 1.89 bits per heavy atom. The number of halogens is 2. The third kappa shape index (κ3) is 5.08. The van der Waals surface area contributed by atoms with Gasteiger partial charge in [0.2, 0.25) is 0 Å². The number of hydrogen-bond acceptors (Lipinski definition) is 4. The number of benzene rings is 1. The van der Waals surface area contributed by atoms with Crippen LogP contribution >= 0.6 is 23.2 Å². The van der Waals surface area contributed by atoms with E-state index in [0.29, 0.717) is 39.0 Å². The molecule has 0 radical (unpaired) electrons. The maximum atomic E-state index is 12.5. The number of nitrogens with one attached hydrogen (secondary N) is 2. The van der Waals surface area contributed by atoms with Crippen LogP contribution in [0.1, 0.15) is 51.6 Å². The van der Waals surface area contributed by atoms with Gasteiger partial charge in [0.1, 0.15) is 0 Å². The molecular formula is C19H24Cl2N2O4. The van der Waals surface area contributed by atoms with Gasteiger partial charge < -0.3 is 20.1 Å². The van der Waals surface area contributed by atoms with Crippen LogP contribution < -0.4 is 15.4 Å². The Labute approximate surface area is 169 Å². The molecule has 0 aliphatic carbocycles. The molecule has 0 aromatic heterocycles. The van der Waals surface area contributed by atoms with Crippen LogP contribution in [0, 0.1) is 0 Å². The van der Waals surface area contributed by atoms with E-state index in [2.05, 4.69) is 10.6 Å². The fraction of sp³-hybridized carbons (Fsp3) is 0.474. The molecule has 1 unspecified atom stereocenters. The molecule has 1 aliphatic heterocycles. The molecule has 0 bridgehead atoms. The quantitative estimate of drug-likeness (QED) is 0.630. The standard InChI is InChI=1S/C19H24Cl2N2O4/c1-5-6-7-14-15(18(24)26-4)16(23-19(25)22-14)11-8-12(20)17(13(21)9-11)27-10(2)3/h8-10,16H,5-7H2,1-4H3,(H2,22,23,25). The molecule has 0 fully saturated rings. The Morgan fingerprint density at radius 3 is 2.41 bits per heavy atom. The second-order valence-electron chi connectivity index (χ2n) is 6.50. The Kier molecular flexibility index (Phi) is 7.39. The van der Waals surface area contributed by atoms with E-state index >= 15 is 0 Å². The fourth-order valence-corrected chi connectivity index (χ4v) is 3.46. The molecule has 1 atom stereocenters. The van der Waals surface area contributed by atoms with Crippen molar-refractivity contribution in [3.8, 4) is 5.75 Å². The number of hydrogen-bond donors (Lipinski definition) is 2. The highest BCUT2D eigenvalue weighted by Crippen LogP contribution is 2.39. The van der Waals surface area contributed by atoms with Gasteiger partial charge in [-0.1, -0.05) is 36.5 Å². The third-order valence-corrected chi connectivity index (χ3v) is 4.61. The van der Waals surface area contributed by atoms with Crippen molar-refractivity contribution in [1.29, 1.82) is 0 Å². The van der Waals surface area contributed by atoms with E-state index in [1.807, 2.05) is 20.8 Å². The van der Waals surface area contributed by atoms with Crippen LogP contribution in [-0.2, 0) is 9.53 Å². The number of rotatable bonds is 7. The highest BCUT2D eigenvalue weighted by Gasteiger charge is 2.34. The summed E-state index contributed by atoms with van der Waals surface area (Å²) in [7, 11) is 1.31. The smallest absolute Gasteiger partial charge is 0.337 e. The molecule has 2 N–H and O–H groups in total. The number of esters is 1. The van der Waals surface area contributed by atoms with Crippen molar-refractivity contribution >= 4 is 35.2 Å². The van der Waals surface area contributed by atoms with E-state index in [9.17, 15) is 9.59 Å². The normalized spacial score (nSPS) is 16.9. The lowest BCUT2D eigenvalue weighted by atomic mass is 9.93. The molecular weight excluding hydrogens is 391 g/mol. The van der Waals surface area contributed by atoms with Crippen LogP contribution in [0.5, 0.6) is 5.75 Å². The summed E-state index contributed by atoms with van der Waals surface area (Å²) in [6.07, 6.45) is 2.20. The summed E-state index contributed by atoms with van der Waals surface area (Å²) in [5, 5.41) is 6.08.